The second-order valence-electron chi connectivity index (χ2n) is 5.59. The van der Waals surface area contributed by atoms with E-state index in [-0.39, 0.29) is 18.4 Å². The van der Waals surface area contributed by atoms with Gasteiger partial charge in [0.15, 0.2) is 5.82 Å². The van der Waals surface area contributed by atoms with Crippen molar-refractivity contribution < 1.29 is 14.1 Å². The molecule has 122 valence electrons. The summed E-state index contributed by atoms with van der Waals surface area (Å²) in [5, 5.41) is 8.33. The van der Waals surface area contributed by atoms with Crippen molar-refractivity contribution in [3.05, 3.63) is 59.9 Å². The molecule has 0 fully saturated rings. The van der Waals surface area contributed by atoms with Gasteiger partial charge < -0.3 is 14.7 Å². The molecule has 1 N–H and O–H groups in total. The molecule has 1 aromatic heterocycles. The number of aryl methyl sites for hydroxylation is 1. The maximum atomic E-state index is 12.5. The van der Waals surface area contributed by atoms with Gasteiger partial charge in [0.05, 0.1) is 6.54 Å². The fraction of sp³-hybridized carbons (Fsp3) is 0.167. The summed E-state index contributed by atoms with van der Waals surface area (Å²) in [5.74, 6) is 0.391. The summed E-state index contributed by atoms with van der Waals surface area (Å²) in [6.45, 7) is 1.66. The lowest BCUT2D eigenvalue weighted by molar-refractivity contribution is -0.116. The second-order valence-corrected chi connectivity index (χ2v) is 5.59. The van der Waals surface area contributed by atoms with E-state index in [2.05, 4.69) is 10.5 Å². The van der Waals surface area contributed by atoms with Crippen LogP contribution in [0.2, 0.25) is 0 Å². The minimum Gasteiger partial charge on any atom is -0.360 e. The third-order valence-corrected chi connectivity index (χ3v) is 3.62. The Morgan fingerprint density at radius 1 is 1.12 bits per heavy atom. The summed E-state index contributed by atoms with van der Waals surface area (Å²) in [7, 11) is 1.59. The first kappa shape index (κ1) is 15.7. The molecule has 0 atom stereocenters. The molecule has 0 saturated carbocycles. The Bertz CT molecular complexity index is 901. The quantitative estimate of drug-likeness (QED) is 0.801. The van der Waals surface area contributed by atoms with Crippen molar-refractivity contribution in [3.63, 3.8) is 0 Å². The van der Waals surface area contributed by atoms with Crippen molar-refractivity contribution in [2.24, 2.45) is 0 Å². The normalized spacial score (nSPS) is 10.6. The number of likely N-dealkylation sites (N-methyl/N-ethyl adjacent to an activating group) is 1. The van der Waals surface area contributed by atoms with E-state index in [9.17, 15) is 9.59 Å². The maximum Gasteiger partial charge on any atom is 0.254 e. The number of carbonyl (C=O) groups excluding carboxylic acids is 2. The van der Waals surface area contributed by atoms with Crippen LogP contribution in [0, 0.1) is 6.92 Å². The van der Waals surface area contributed by atoms with E-state index in [4.69, 9.17) is 4.52 Å². The highest BCUT2D eigenvalue weighted by Crippen LogP contribution is 2.16. The lowest BCUT2D eigenvalue weighted by Crippen LogP contribution is -2.35. The van der Waals surface area contributed by atoms with Crippen LogP contribution in [0.15, 0.2) is 53.1 Å². The monoisotopic (exact) mass is 323 g/mol. The lowest BCUT2D eigenvalue weighted by atomic mass is 10.1. The number of hydrogen-bond donors (Lipinski definition) is 1. The van der Waals surface area contributed by atoms with Crippen LogP contribution < -0.4 is 5.32 Å². The van der Waals surface area contributed by atoms with Gasteiger partial charge in [-0.05, 0) is 29.8 Å². The third-order valence-electron chi connectivity index (χ3n) is 3.62. The number of amides is 2. The Morgan fingerprint density at radius 3 is 2.58 bits per heavy atom. The summed E-state index contributed by atoms with van der Waals surface area (Å²) < 4.78 is 4.88. The average molecular weight is 323 g/mol. The van der Waals surface area contributed by atoms with Crippen molar-refractivity contribution in [3.8, 4) is 0 Å². The van der Waals surface area contributed by atoms with Crippen molar-refractivity contribution in [1.29, 1.82) is 0 Å². The molecule has 1 heterocycles. The second kappa shape index (κ2) is 6.54. The van der Waals surface area contributed by atoms with E-state index < -0.39 is 0 Å². The van der Waals surface area contributed by atoms with Crippen LogP contribution in [0.25, 0.3) is 10.8 Å². The number of benzene rings is 2. The summed E-state index contributed by atoms with van der Waals surface area (Å²) in [4.78, 5) is 25.9. The van der Waals surface area contributed by atoms with E-state index in [1.807, 2.05) is 36.4 Å². The summed E-state index contributed by atoms with van der Waals surface area (Å²) in [5.41, 5.74) is 0.543. The predicted molar refractivity (Wildman–Crippen MR) is 90.8 cm³/mol. The first-order valence-corrected chi connectivity index (χ1v) is 7.50. The lowest BCUT2D eigenvalue weighted by Gasteiger charge is -2.16. The van der Waals surface area contributed by atoms with Crippen LogP contribution >= 0.6 is 0 Å². The maximum absolute atomic E-state index is 12.5. The van der Waals surface area contributed by atoms with Crippen LogP contribution in [-0.2, 0) is 4.79 Å². The van der Waals surface area contributed by atoms with Gasteiger partial charge in [0.2, 0.25) is 5.91 Å². The summed E-state index contributed by atoms with van der Waals surface area (Å²) >= 11 is 0. The molecule has 0 aliphatic heterocycles. The Morgan fingerprint density at radius 2 is 1.88 bits per heavy atom. The number of rotatable bonds is 4. The predicted octanol–water partition coefficient (Wildman–Crippen LogP) is 2.85. The highest BCUT2D eigenvalue weighted by molar-refractivity contribution is 6.01. The molecule has 6 nitrogen and oxygen atoms in total. The molecule has 0 spiro atoms. The average Bonchev–Trinajstić information content (AvgIpc) is 2.98. The van der Waals surface area contributed by atoms with Crippen LogP contribution in [0.4, 0.5) is 5.82 Å². The fourth-order valence-electron chi connectivity index (χ4n) is 2.44. The van der Waals surface area contributed by atoms with Gasteiger partial charge in [-0.2, -0.15) is 0 Å². The molecule has 2 amide bonds. The minimum atomic E-state index is -0.333. The molecule has 0 aliphatic rings. The van der Waals surface area contributed by atoms with Crippen molar-refractivity contribution in [2.45, 2.75) is 6.92 Å². The molecule has 0 radical (unpaired) electrons. The number of nitrogens with zero attached hydrogens (tertiary/aromatic N) is 2. The van der Waals surface area contributed by atoms with Gasteiger partial charge in [-0.1, -0.05) is 35.5 Å². The smallest absolute Gasteiger partial charge is 0.254 e. The van der Waals surface area contributed by atoms with E-state index in [1.165, 1.54) is 4.90 Å². The topological polar surface area (TPSA) is 75.4 Å². The number of carbonyl (C=O) groups is 2. The molecule has 3 aromatic rings. The number of nitrogens with one attached hydrogen (secondary N) is 1. The number of hydrogen-bond acceptors (Lipinski definition) is 4. The van der Waals surface area contributed by atoms with E-state index >= 15 is 0 Å². The Kier molecular flexibility index (Phi) is 4.29. The van der Waals surface area contributed by atoms with Crippen LogP contribution in [-0.4, -0.2) is 35.5 Å². The molecule has 0 saturated heterocycles. The Balaban J connectivity index is 1.67. The largest absolute Gasteiger partial charge is 0.360 e. The molecule has 0 unspecified atom stereocenters. The highest BCUT2D eigenvalue weighted by atomic mass is 16.5. The minimum absolute atomic E-state index is 0.0719. The van der Waals surface area contributed by atoms with Gasteiger partial charge in [0.1, 0.15) is 5.76 Å². The first-order chi connectivity index (χ1) is 11.5. The van der Waals surface area contributed by atoms with Gasteiger partial charge in [-0.25, -0.2) is 0 Å². The van der Waals surface area contributed by atoms with Gasteiger partial charge in [-0.15, -0.1) is 0 Å². The van der Waals surface area contributed by atoms with Crippen LogP contribution in [0.1, 0.15) is 16.1 Å². The molecule has 6 heteroatoms. The molecular weight excluding hydrogens is 306 g/mol. The van der Waals surface area contributed by atoms with Crippen molar-refractivity contribution in [1.82, 2.24) is 10.1 Å². The van der Waals surface area contributed by atoms with Crippen molar-refractivity contribution >= 4 is 28.4 Å². The summed E-state index contributed by atoms with van der Waals surface area (Å²) in [6.07, 6.45) is 0. The summed E-state index contributed by atoms with van der Waals surface area (Å²) in [6, 6.07) is 14.9. The molecule has 0 bridgehead atoms. The fourth-order valence-corrected chi connectivity index (χ4v) is 2.44. The molecule has 2 aromatic carbocycles. The highest BCUT2D eigenvalue weighted by Gasteiger charge is 2.16. The molecular formula is C18H17N3O3. The van der Waals surface area contributed by atoms with Gasteiger partial charge in [0, 0.05) is 18.7 Å². The number of aromatic nitrogens is 1. The Hall–Kier alpha value is -3.15. The van der Waals surface area contributed by atoms with Gasteiger partial charge >= 0.3 is 0 Å². The van der Waals surface area contributed by atoms with Gasteiger partial charge in [0.25, 0.3) is 5.91 Å². The zero-order valence-electron chi connectivity index (χ0n) is 13.4. The van der Waals surface area contributed by atoms with E-state index in [1.54, 1.807) is 26.1 Å². The van der Waals surface area contributed by atoms with E-state index in [0.29, 0.717) is 17.1 Å². The zero-order chi connectivity index (χ0) is 17.1. The van der Waals surface area contributed by atoms with Crippen molar-refractivity contribution in [2.75, 3.05) is 18.9 Å². The van der Waals surface area contributed by atoms with Crippen LogP contribution in [0.3, 0.4) is 0 Å². The standard InChI is InChI=1S/C18H17N3O3/c1-12-9-16(20-24-12)19-17(22)11-21(2)18(23)15-8-7-13-5-3-4-6-14(13)10-15/h3-10H,11H2,1-2H3,(H,19,20,22). The SMILES string of the molecule is Cc1cc(NC(=O)CN(C)C(=O)c2ccc3ccccc3c2)no1. The van der Waals surface area contributed by atoms with Crippen LogP contribution in [0.5, 0.6) is 0 Å². The molecule has 3 rings (SSSR count). The molecule has 24 heavy (non-hydrogen) atoms. The van der Waals surface area contributed by atoms with Gasteiger partial charge in [-0.3, -0.25) is 9.59 Å². The zero-order valence-corrected chi connectivity index (χ0v) is 13.4. The van der Waals surface area contributed by atoms with E-state index in [0.717, 1.165) is 10.8 Å². The Labute approximate surface area is 139 Å². The third kappa shape index (κ3) is 3.43. The number of fused-ring (bicyclic) bond motifs is 1. The first-order valence-electron chi connectivity index (χ1n) is 7.50. The number of anilines is 1. The molecule has 0 aliphatic carbocycles.